The summed E-state index contributed by atoms with van der Waals surface area (Å²) in [7, 11) is 1.82. The Morgan fingerprint density at radius 3 is 2.70 bits per heavy atom. The first-order valence-electron chi connectivity index (χ1n) is 10.5. The van der Waals surface area contributed by atoms with Gasteiger partial charge in [-0.3, -0.25) is 9.89 Å². The average Bonchev–Trinajstić information content (AvgIpc) is 2.69. The Bertz CT molecular complexity index is 553. The molecular weight excluding hydrogens is 336 g/mol. The summed E-state index contributed by atoms with van der Waals surface area (Å²) in [5.74, 6) is 1.75. The normalized spacial score (nSPS) is 16.5. The molecule has 1 aromatic carbocycles. The minimum atomic E-state index is 0.795. The Morgan fingerprint density at radius 2 is 1.96 bits per heavy atom. The number of unbranched alkanes of at least 4 members (excludes halogenated alkanes) is 1. The maximum atomic E-state index is 5.37. The molecule has 1 aromatic rings. The molecule has 0 saturated carbocycles. The second-order valence-corrected chi connectivity index (χ2v) is 7.54. The van der Waals surface area contributed by atoms with Crippen LogP contribution in [-0.4, -0.2) is 50.8 Å². The highest BCUT2D eigenvalue weighted by atomic mass is 16.5. The molecule has 0 radical (unpaired) electrons. The van der Waals surface area contributed by atoms with Crippen LogP contribution in [0, 0.1) is 5.92 Å². The zero-order valence-electron chi connectivity index (χ0n) is 17.5. The highest BCUT2D eigenvalue weighted by Gasteiger charge is 2.15. The highest BCUT2D eigenvalue weighted by molar-refractivity contribution is 5.79. The van der Waals surface area contributed by atoms with Crippen LogP contribution in [0.25, 0.3) is 0 Å². The van der Waals surface area contributed by atoms with Gasteiger partial charge in [-0.1, -0.05) is 31.2 Å². The number of ether oxygens (including phenoxy) is 1. The molecule has 0 bridgehead atoms. The van der Waals surface area contributed by atoms with Crippen LogP contribution >= 0.6 is 0 Å². The lowest BCUT2D eigenvalue weighted by atomic mass is 9.98. The van der Waals surface area contributed by atoms with Crippen LogP contribution in [0.1, 0.15) is 50.7 Å². The topological polar surface area (TPSA) is 48.9 Å². The van der Waals surface area contributed by atoms with Crippen molar-refractivity contribution in [2.24, 2.45) is 10.9 Å². The zero-order chi connectivity index (χ0) is 19.3. The fourth-order valence-corrected chi connectivity index (χ4v) is 3.40. The number of guanidine groups is 1. The quantitative estimate of drug-likeness (QED) is 0.374. The number of likely N-dealkylation sites (tertiary alicyclic amines) is 1. The maximum absolute atomic E-state index is 5.37. The molecule has 0 amide bonds. The van der Waals surface area contributed by atoms with Crippen molar-refractivity contribution >= 4 is 5.96 Å². The summed E-state index contributed by atoms with van der Waals surface area (Å²) in [6.07, 6.45) is 4.82. The summed E-state index contributed by atoms with van der Waals surface area (Å²) in [5.41, 5.74) is 2.71. The molecule has 27 heavy (non-hydrogen) atoms. The monoisotopic (exact) mass is 374 g/mol. The van der Waals surface area contributed by atoms with E-state index >= 15 is 0 Å². The van der Waals surface area contributed by atoms with Crippen molar-refractivity contribution in [3.63, 3.8) is 0 Å². The minimum Gasteiger partial charge on any atom is -0.382 e. The molecule has 1 aliphatic rings. The summed E-state index contributed by atoms with van der Waals surface area (Å²) in [5, 5.41) is 6.79. The maximum Gasteiger partial charge on any atom is 0.191 e. The van der Waals surface area contributed by atoms with Crippen molar-refractivity contribution in [3.8, 4) is 0 Å². The molecule has 0 atom stereocenters. The molecule has 1 heterocycles. The van der Waals surface area contributed by atoms with E-state index in [-0.39, 0.29) is 0 Å². The molecule has 2 N–H and O–H groups in total. The first-order valence-corrected chi connectivity index (χ1v) is 10.5. The number of benzene rings is 1. The van der Waals surface area contributed by atoms with E-state index in [1.807, 2.05) is 14.0 Å². The van der Waals surface area contributed by atoms with Crippen molar-refractivity contribution < 1.29 is 4.74 Å². The second-order valence-electron chi connectivity index (χ2n) is 7.54. The van der Waals surface area contributed by atoms with Gasteiger partial charge in [0.25, 0.3) is 0 Å². The van der Waals surface area contributed by atoms with Gasteiger partial charge in [-0.2, -0.15) is 0 Å². The Labute approximate surface area is 165 Å². The summed E-state index contributed by atoms with van der Waals surface area (Å²) >= 11 is 0. The van der Waals surface area contributed by atoms with Gasteiger partial charge in [0.15, 0.2) is 5.96 Å². The molecule has 0 aliphatic carbocycles. The van der Waals surface area contributed by atoms with E-state index in [4.69, 9.17) is 4.74 Å². The van der Waals surface area contributed by atoms with Crippen molar-refractivity contribution in [1.29, 1.82) is 0 Å². The zero-order valence-corrected chi connectivity index (χ0v) is 17.5. The van der Waals surface area contributed by atoms with Crippen molar-refractivity contribution in [2.75, 3.05) is 39.9 Å². The van der Waals surface area contributed by atoms with Gasteiger partial charge in [0.05, 0.1) is 0 Å². The van der Waals surface area contributed by atoms with E-state index in [2.05, 4.69) is 51.7 Å². The summed E-state index contributed by atoms with van der Waals surface area (Å²) in [6, 6.07) is 8.92. The van der Waals surface area contributed by atoms with E-state index in [1.54, 1.807) is 0 Å². The molecule has 2 rings (SSSR count). The van der Waals surface area contributed by atoms with E-state index in [0.29, 0.717) is 0 Å². The number of nitrogens with zero attached hydrogens (tertiary/aromatic N) is 2. The number of aliphatic imine (C=N–C) groups is 1. The van der Waals surface area contributed by atoms with Crippen LogP contribution in [0.5, 0.6) is 0 Å². The average molecular weight is 375 g/mol. The van der Waals surface area contributed by atoms with Crippen molar-refractivity contribution in [3.05, 3.63) is 35.4 Å². The SMILES string of the molecule is CCOCCCCNC(=NC)NCc1cccc(CN2CCC(C)CC2)c1. The van der Waals surface area contributed by atoms with Crippen molar-refractivity contribution in [1.82, 2.24) is 15.5 Å². The Balaban J connectivity index is 1.71. The third-order valence-electron chi connectivity index (χ3n) is 5.17. The molecule has 1 aliphatic heterocycles. The fraction of sp³-hybridized carbons (Fsp3) is 0.682. The summed E-state index contributed by atoms with van der Waals surface area (Å²) < 4.78 is 5.37. The van der Waals surface area contributed by atoms with Crippen LogP contribution in [0.2, 0.25) is 0 Å². The van der Waals surface area contributed by atoms with Crippen LogP contribution in [0.3, 0.4) is 0 Å². The number of piperidine rings is 1. The van der Waals surface area contributed by atoms with E-state index in [9.17, 15) is 0 Å². The van der Waals surface area contributed by atoms with Crippen molar-refractivity contribution in [2.45, 2.75) is 52.6 Å². The lowest BCUT2D eigenvalue weighted by molar-refractivity contribution is 0.143. The number of hydrogen-bond acceptors (Lipinski definition) is 3. The molecule has 0 spiro atoms. The molecular formula is C22H38N4O. The van der Waals surface area contributed by atoms with Crippen LogP contribution in [0.15, 0.2) is 29.3 Å². The van der Waals surface area contributed by atoms with Gasteiger partial charge in [-0.15, -0.1) is 0 Å². The van der Waals surface area contributed by atoms with Gasteiger partial charge in [0, 0.05) is 39.9 Å². The molecule has 1 fully saturated rings. The third-order valence-corrected chi connectivity index (χ3v) is 5.17. The molecule has 0 aromatic heterocycles. The van der Waals surface area contributed by atoms with Crippen LogP contribution in [0.4, 0.5) is 0 Å². The largest absolute Gasteiger partial charge is 0.382 e. The lowest BCUT2D eigenvalue weighted by Crippen LogP contribution is -2.37. The van der Waals surface area contributed by atoms with E-state index in [0.717, 1.165) is 57.6 Å². The van der Waals surface area contributed by atoms with E-state index in [1.165, 1.54) is 37.1 Å². The Kier molecular flexibility index (Phi) is 10.2. The highest BCUT2D eigenvalue weighted by Crippen LogP contribution is 2.18. The minimum absolute atomic E-state index is 0.795. The van der Waals surface area contributed by atoms with Gasteiger partial charge in [0.1, 0.15) is 0 Å². The number of rotatable bonds is 10. The Morgan fingerprint density at radius 1 is 1.19 bits per heavy atom. The predicted octanol–water partition coefficient (Wildman–Crippen LogP) is 3.40. The molecule has 5 heteroatoms. The lowest BCUT2D eigenvalue weighted by Gasteiger charge is -2.30. The van der Waals surface area contributed by atoms with Crippen LogP contribution in [-0.2, 0) is 17.8 Å². The first kappa shape index (κ1) is 21.7. The smallest absolute Gasteiger partial charge is 0.191 e. The molecule has 1 saturated heterocycles. The predicted molar refractivity (Wildman–Crippen MR) is 114 cm³/mol. The molecule has 152 valence electrons. The van der Waals surface area contributed by atoms with Gasteiger partial charge < -0.3 is 15.4 Å². The standard InChI is InChI=1S/C22H38N4O/c1-4-27-15-6-5-12-24-22(23-3)25-17-20-8-7-9-21(16-20)18-26-13-10-19(2)11-14-26/h7-9,16,19H,4-6,10-15,17-18H2,1-3H3,(H2,23,24,25). The fourth-order valence-electron chi connectivity index (χ4n) is 3.40. The van der Waals surface area contributed by atoms with Gasteiger partial charge in [-0.05, 0) is 62.7 Å². The van der Waals surface area contributed by atoms with Gasteiger partial charge in [-0.25, -0.2) is 0 Å². The third kappa shape index (κ3) is 8.76. The molecule has 0 unspecified atom stereocenters. The summed E-state index contributed by atoms with van der Waals surface area (Å²) in [6.45, 7) is 11.3. The summed E-state index contributed by atoms with van der Waals surface area (Å²) in [4.78, 5) is 6.89. The first-order chi connectivity index (χ1) is 13.2. The van der Waals surface area contributed by atoms with Gasteiger partial charge in [0.2, 0.25) is 0 Å². The number of hydrogen-bond donors (Lipinski definition) is 2. The van der Waals surface area contributed by atoms with Crippen LogP contribution < -0.4 is 10.6 Å². The number of nitrogens with one attached hydrogen (secondary N) is 2. The Hall–Kier alpha value is -1.59. The second kappa shape index (κ2) is 12.7. The van der Waals surface area contributed by atoms with E-state index < -0.39 is 0 Å². The molecule has 5 nitrogen and oxygen atoms in total. The van der Waals surface area contributed by atoms with Gasteiger partial charge >= 0.3 is 0 Å².